The minimum Gasteiger partial charge on any atom is -0.278 e. The second-order valence-electron chi connectivity index (χ2n) is 2.58. The first-order valence-corrected chi connectivity index (χ1v) is 3.62. The van der Waals surface area contributed by atoms with E-state index in [1.54, 1.807) is 18.3 Å². The molecule has 1 aromatic carbocycles. The molecule has 60 valence electrons. The van der Waals surface area contributed by atoms with E-state index in [0.717, 1.165) is 10.9 Å². The smallest absolute Gasteiger partial charge is 0.101 e. The second-order valence-corrected chi connectivity index (χ2v) is 2.58. The van der Waals surface area contributed by atoms with Crippen LogP contribution in [0.4, 0.5) is 0 Å². The van der Waals surface area contributed by atoms with Crippen molar-refractivity contribution in [2.45, 2.75) is 0 Å². The molecule has 0 aliphatic carbocycles. The Kier molecular flexibility index (Phi) is 1.47. The maximum absolute atomic E-state index is 8.71. The zero-order valence-corrected chi connectivity index (χ0v) is 6.57. The molecule has 13 heavy (non-hydrogen) atoms. The van der Waals surface area contributed by atoms with Crippen LogP contribution in [0, 0.1) is 22.7 Å². The number of nitrogens with zero attached hydrogens (tertiary/aromatic N) is 3. The van der Waals surface area contributed by atoms with E-state index in [1.165, 1.54) is 0 Å². The van der Waals surface area contributed by atoms with Gasteiger partial charge in [0.05, 0.1) is 22.8 Å². The second kappa shape index (κ2) is 2.62. The van der Waals surface area contributed by atoms with Crippen molar-refractivity contribution in [3.05, 3.63) is 29.5 Å². The van der Waals surface area contributed by atoms with Crippen LogP contribution in [-0.4, -0.2) is 10.2 Å². The van der Waals surface area contributed by atoms with Crippen molar-refractivity contribution < 1.29 is 0 Å². The number of H-pyrrole nitrogens is 1. The number of hydrogen-bond acceptors (Lipinski definition) is 3. The van der Waals surface area contributed by atoms with Gasteiger partial charge in [0.1, 0.15) is 12.1 Å². The van der Waals surface area contributed by atoms with E-state index in [9.17, 15) is 0 Å². The summed E-state index contributed by atoms with van der Waals surface area (Å²) in [6, 6.07) is 7.20. The number of rotatable bonds is 0. The Morgan fingerprint density at radius 1 is 1.15 bits per heavy atom. The van der Waals surface area contributed by atoms with Gasteiger partial charge in [0.25, 0.3) is 0 Å². The summed E-state index contributed by atoms with van der Waals surface area (Å²) < 4.78 is 0. The van der Waals surface area contributed by atoms with Crippen LogP contribution >= 0.6 is 0 Å². The lowest BCUT2D eigenvalue weighted by molar-refractivity contribution is 1.12. The first-order valence-electron chi connectivity index (χ1n) is 3.62. The van der Waals surface area contributed by atoms with Gasteiger partial charge in [0, 0.05) is 5.39 Å². The molecule has 1 N–H and O–H groups in total. The summed E-state index contributed by atoms with van der Waals surface area (Å²) in [6.45, 7) is 0. The average Bonchev–Trinajstić information content (AvgIpc) is 2.62. The van der Waals surface area contributed by atoms with E-state index in [4.69, 9.17) is 10.5 Å². The predicted molar refractivity (Wildman–Crippen MR) is 45.5 cm³/mol. The SMILES string of the molecule is N#Cc1cc2cn[nH]c2cc1C#N. The topological polar surface area (TPSA) is 76.3 Å². The Bertz CT molecular complexity index is 491. The highest BCUT2D eigenvalue weighted by molar-refractivity contribution is 5.81. The summed E-state index contributed by atoms with van der Waals surface area (Å²) in [4.78, 5) is 0. The van der Waals surface area contributed by atoms with Gasteiger partial charge in [0.15, 0.2) is 0 Å². The number of hydrogen-bond donors (Lipinski definition) is 1. The molecule has 0 unspecified atom stereocenters. The monoisotopic (exact) mass is 168 g/mol. The minimum atomic E-state index is 0.374. The standard InChI is InChI=1S/C9H4N4/c10-3-6-1-8-5-12-13-9(8)2-7(6)4-11/h1-2,5H,(H,12,13). The van der Waals surface area contributed by atoms with Crippen LogP contribution < -0.4 is 0 Å². The van der Waals surface area contributed by atoms with Crippen molar-refractivity contribution >= 4 is 10.9 Å². The Hall–Kier alpha value is -2.33. The van der Waals surface area contributed by atoms with E-state index in [2.05, 4.69) is 10.2 Å². The van der Waals surface area contributed by atoms with Gasteiger partial charge >= 0.3 is 0 Å². The molecule has 1 aromatic heterocycles. The number of fused-ring (bicyclic) bond motifs is 1. The maximum atomic E-state index is 8.71. The molecule has 0 aliphatic heterocycles. The lowest BCUT2D eigenvalue weighted by Crippen LogP contribution is -1.82. The highest BCUT2D eigenvalue weighted by atomic mass is 15.1. The van der Waals surface area contributed by atoms with E-state index in [-0.39, 0.29) is 0 Å². The molecule has 0 bridgehead atoms. The van der Waals surface area contributed by atoms with E-state index >= 15 is 0 Å². The summed E-state index contributed by atoms with van der Waals surface area (Å²) in [5.74, 6) is 0. The Balaban J connectivity index is 2.85. The molecule has 1 heterocycles. The fourth-order valence-corrected chi connectivity index (χ4v) is 1.18. The largest absolute Gasteiger partial charge is 0.278 e. The molecule has 4 heteroatoms. The summed E-state index contributed by atoms with van der Waals surface area (Å²) in [7, 11) is 0. The van der Waals surface area contributed by atoms with Crippen LogP contribution in [-0.2, 0) is 0 Å². The number of aromatic nitrogens is 2. The molecule has 0 aliphatic rings. The molecule has 0 saturated carbocycles. The quantitative estimate of drug-likeness (QED) is 0.644. The Morgan fingerprint density at radius 3 is 2.54 bits per heavy atom. The fraction of sp³-hybridized carbons (Fsp3) is 0. The highest BCUT2D eigenvalue weighted by Gasteiger charge is 2.04. The van der Waals surface area contributed by atoms with Gasteiger partial charge in [-0.15, -0.1) is 0 Å². The molecule has 0 spiro atoms. The number of benzene rings is 1. The normalized spacial score (nSPS) is 9.38. The zero-order valence-electron chi connectivity index (χ0n) is 6.57. The van der Waals surface area contributed by atoms with Gasteiger partial charge in [-0.3, -0.25) is 5.10 Å². The van der Waals surface area contributed by atoms with Crippen LogP contribution in [0.25, 0.3) is 10.9 Å². The summed E-state index contributed by atoms with van der Waals surface area (Å²) in [5.41, 5.74) is 1.53. The first-order chi connectivity index (χ1) is 6.35. The third kappa shape index (κ3) is 1.02. The van der Waals surface area contributed by atoms with Gasteiger partial charge in [-0.05, 0) is 12.1 Å². The molecule has 2 rings (SSSR count). The van der Waals surface area contributed by atoms with Crippen LogP contribution in [0.1, 0.15) is 11.1 Å². The maximum Gasteiger partial charge on any atom is 0.101 e. The first kappa shape index (κ1) is 7.33. The molecule has 0 amide bonds. The molecular formula is C9H4N4. The average molecular weight is 168 g/mol. The Morgan fingerprint density at radius 2 is 1.85 bits per heavy atom. The van der Waals surface area contributed by atoms with Gasteiger partial charge < -0.3 is 0 Å². The van der Waals surface area contributed by atoms with Crippen LogP contribution in [0.3, 0.4) is 0 Å². The molecular weight excluding hydrogens is 164 g/mol. The minimum absolute atomic E-state index is 0.374. The van der Waals surface area contributed by atoms with Crippen molar-refractivity contribution in [3.63, 3.8) is 0 Å². The van der Waals surface area contributed by atoms with E-state index in [1.807, 2.05) is 12.1 Å². The highest BCUT2D eigenvalue weighted by Crippen LogP contribution is 2.16. The molecule has 0 saturated heterocycles. The third-order valence-corrected chi connectivity index (χ3v) is 1.82. The lowest BCUT2D eigenvalue weighted by Gasteiger charge is -1.93. The van der Waals surface area contributed by atoms with E-state index < -0.39 is 0 Å². The number of aromatic amines is 1. The van der Waals surface area contributed by atoms with Gasteiger partial charge in [-0.2, -0.15) is 15.6 Å². The van der Waals surface area contributed by atoms with Crippen molar-refractivity contribution in [2.75, 3.05) is 0 Å². The Labute approximate surface area is 74.0 Å². The molecule has 0 fully saturated rings. The zero-order chi connectivity index (χ0) is 9.26. The molecule has 4 nitrogen and oxygen atoms in total. The summed E-state index contributed by atoms with van der Waals surface area (Å²) in [5, 5.41) is 24.8. The van der Waals surface area contributed by atoms with E-state index in [0.29, 0.717) is 11.1 Å². The third-order valence-electron chi connectivity index (χ3n) is 1.82. The van der Waals surface area contributed by atoms with Crippen molar-refractivity contribution in [2.24, 2.45) is 0 Å². The summed E-state index contributed by atoms with van der Waals surface area (Å²) >= 11 is 0. The molecule has 0 atom stereocenters. The van der Waals surface area contributed by atoms with Crippen LogP contribution in [0.5, 0.6) is 0 Å². The van der Waals surface area contributed by atoms with Gasteiger partial charge in [-0.1, -0.05) is 0 Å². The fourth-order valence-electron chi connectivity index (χ4n) is 1.18. The molecule has 2 aromatic rings. The van der Waals surface area contributed by atoms with Crippen molar-refractivity contribution in [1.82, 2.24) is 10.2 Å². The van der Waals surface area contributed by atoms with Gasteiger partial charge in [0.2, 0.25) is 0 Å². The van der Waals surface area contributed by atoms with Crippen LogP contribution in [0.15, 0.2) is 18.3 Å². The summed E-state index contributed by atoms with van der Waals surface area (Å²) in [6.07, 6.45) is 1.62. The van der Waals surface area contributed by atoms with Crippen molar-refractivity contribution in [3.8, 4) is 12.1 Å². The van der Waals surface area contributed by atoms with Crippen molar-refractivity contribution in [1.29, 1.82) is 10.5 Å². The van der Waals surface area contributed by atoms with Gasteiger partial charge in [-0.25, -0.2) is 0 Å². The predicted octanol–water partition coefficient (Wildman–Crippen LogP) is 1.31. The van der Waals surface area contributed by atoms with Crippen LogP contribution in [0.2, 0.25) is 0 Å². The number of nitriles is 2. The number of nitrogens with one attached hydrogen (secondary N) is 1. The molecule has 0 radical (unpaired) electrons. The lowest BCUT2D eigenvalue weighted by atomic mass is 10.1.